The van der Waals surface area contributed by atoms with Gasteiger partial charge in [-0.3, -0.25) is 0 Å². The zero-order chi connectivity index (χ0) is 13.0. The minimum Gasteiger partial charge on any atom is -0.397 e. The number of halogens is 1. The van der Waals surface area contributed by atoms with E-state index in [9.17, 15) is 0 Å². The lowest BCUT2D eigenvalue weighted by atomic mass is 9.85. The number of nitrogen functional groups attached to an aromatic ring is 1. The lowest BCUT2D eigenvalue weighted by Gasteiger charge is -2.25. The molecule has 0 radical (unpaired) electrons. The van der Waals surface area contributed by atoms with Crippen LogP contribution in [0.5, 0.6) is 0 Å². The van der Waals surface area contributed by atoms with Gasteiger partial charge >= 0.3 is 0 Å². The van der Waals surface area contributed by atoms with Crippen LogP contribution in [0.4, 0.5) is 11.5 Å². The molecule has 1 rings (SSSR count). The molecule has 1 aromatic heterocycles. The van der Waals surface area contributed by atoms with Gasteiger partial charge in [0.2, 0.25) is 0 Å². The highest BCUT2D eigenvalue weighted by molar-refractivity contribution is 6.33. The Balaban J connectivity index is 2.65. The van der Waals surface area contributed by atoms with Crippen molar-refractivity contribution >= 4 is 23.1 Å². The number of rotatable bonds is 5. The molecule has 0 unspecified atom stereocenters. The SMILES string of the molecule is CC(C)C(CNc1ncc(N)cc1Cl)C(C)C. The van der Waals surface area contributed by atoms with Gasteiger partial charge in [0.1, 0.15) is 5.82 Å². The van der Waals surface area contributed by atoms with Crippen molar-refractivity contribution in [2.45, 2.75) is 27.7 Å². The molecule has 17 heavy (non-hydrogen) atoms. The molecule has 3 nitrogen and oxygen atoms in total. The molecule has 96 valence electrons. The maximum absolute atomic E-state index is 6.07. The first-order valence-electron chi connectivity index (χ1n) is 6.06. The molecule has 0 aromatic carbocycles. The van der Waals surface area contributed by atoms with Crippen LogP contribution >= 0.6 is 11.6 Å². The number of hydrogen-bond donors (Lipinski definition) is 2. The Labute approximate surface area is 109 Å². The molecule has 0 aliphatic carbocycles. The minimum absolute atomic E-state index is 0.580. The standard InChI is InChI=1S/C13H22ClN3/c1-8(2)11(9(3)4)7-17-13-12(14)5-10(15)6-16-13/h5-6,8-9,11H,7,15H2,1-4H3,(H,16,17). The average molecular weight is 256 g/mol. The molecular weight excluding hydrogens is 234 g/mol. The van der Waals surface area contributed by atoms with Crippen molar-refractivity contribution in [3.05, 3.63) is 17.3 Å². The van der Waals surface area contributed by atoms with Crippen molar-refractivity contribution in [3.63, 3.8) is 0 Å². The fourth-order valence-corrected chi connectivity index (χ4v) is 2.28. The summed E-state index contributed by atoms with van der Waals surface area (Å²) in [5, 5.41) is 3.88. The number of anilines is 2. The van der Waals surface area contributed by atoms with E-state index in [1.807, 2.05) is 0 Å². The molecule has 0 atom stereocenters. The molecule has 0 saturated carbocycles. The van der Waals surface area contributed by atoms with Gasteiger partial charge in [0.15, 0.2) is 0 Å². The predicted octanol–water partition coefficient (Wildman–Crippen LogP) is 3.66. The van der Waals surface area contributed by atoms with Crippen LogP contribution in [0.25, 0.3) is 0 Å². The molecule has 0 aliphatic heterocycles. The van der Waals surface area contributed by atoms with E-state index in [0.29, 0.717) is 34.3 Å². The molecule has 0 bridgehead atoms. The summed E-state index contributed by atoms with van der Waals surface area (Å²) in [5.74, 6) is 2.59. The van der Waals surface area contributed by atoms with E-state index in [0.717, 1.165) is 6.54 Å². The Bertz CT molecular complexity index is 356. The first kappa shape index (κ1) is 14.1. The summed E-state index contributed by atoms with van der Waals surface area (Å²) in [5.41, 5.74) is 6.19. The number of nitrogens with two attached hydrogens (primary N) is 1. The quantitative estimate of drug-likeness (QED) is 0.844. The Morgan fingerprint density at radius 3 is 2.35 bits per heavy atom. The van der Waals surface area contributed by atoms with Crippen LogP contribution in [0.3, 0.4) is 0 Å². The molecule has 4 heteroatoms. The predicted molar refractivity (Wildman–Crippen MR) is 75.3 cm³/mol. The second kappa shape index (κ2) is 6.10. The summed E-state index contributed by atoms with van der Waals surface area (Å²) >= 11 is 6.07. The summed E-state index contributed by atoms with van der Waals surface area (Å²) < 4.78 is 0. The Hall–Kier alpha value is -0.960. The number of aromatic nitrogens is 1. The maximum atomic E-state index is 6.07. The molecule has 1 aromatic rings. The van der Waals surface area contributed by atoms with Crippen molar-refractivity contribution < 1.29 is 0 Å². The van der Waals surface area contributed by atoms with Crippen LogP contribution in [0.15, 0.2) is 12.3 Å². The van der Waals surface area contributed by atoms with Crippen LogP contribution in [0.1, 0.15) is 27.7 Å². The molecule has 1 heterocycles. The van der Waals surface area contributed by atoms with E-state index in [4.69, 9.17) is 17.3 Å². The third kappa shape index (κ3) is 4.08. The van der Waals surface area contributed by atoms with Crippen molar-refractivity contribution in [2.75, 3.05) is 17.6 Å². The first-order valence-corrected chi connectivity index (χ1v) is 6.44. The minimum atomic E-state index is 0.580. The van der Waals surface area contributed by atoms with Gasteiger partial charge in [0, 0.05) is 6.54 Å². The van der Waals surface area contributed by atoms with Crippen LogP contribution in [0, 0.1) is 17.8 Å². The second-order valence-electron chi connectivity index (χ2n) is 5.13. The third-order valence-electron chi connectivity index (χ3n) is 3.08. The summed E-state index contributed by atoms with van der Waals surface area (Å²) in [4.78, 5) is 4.20. The van der Waals surface area contributed by atoms with E-state index in [1.165, 1.54) is 0 Å². The fourth-order valence-electron chi connectivity index (χ4n) is 2.04. The number of pyridine rings is 1. The second-order valence-corrected chi connectivity index (χ2v) is 5.54. The largest absolute Gasteiger partial charge is 0.397 e. The highest BCUT2D eigenvalue weighted by Gasteiger charge is 2.17. The highest BCUT2D eigenvalue weighted by atomic mass is 35.5. The molecule has 0 saturated heterocycles. The van der Waals surface area contributed by atoms with Gasteiger partial charge < -0.3 is 11.1 Å². The zero-order valence-electron chi connectivity index (χ0n) is 11.0. The van der Waals surface area contributed by atoms with Crippen LogP contribution in [-0.4, -0.2) is 11.5 Å². The van der Waals surface area contributed by atoms with Gasteiger partial charge in [-0.15, -0.1) is 0 Å². The highest BCUT2D eigenvalue weighted by Crippen LogP contribution is 2.24. The maximum Gasteiger partial charge on any atom is 0.144 e. The topological polar surface area (TPSA) is 50.9 Å². The van der Waals surface area contributed by atoms with Crippen molar-refractivity contribution in [2.24, 2.45) is 17.8 Å². The van der Waals surface area contributed by atoms with Crippen LogP contribution in [0.2, 0.25) is 5.02 Å². The molecule has 0 aliphatic rings. The van der Waals surface area contributed by atoms with Gasteiger partial charge in [-0.05, 0) is 23.8 Å². The van der Waals surface area contributed by atoms with Gasteiger partial charge in [-0.25, -0.2) is 4.98 Å². The van der Waals surface area contributed by atoms with E-state index in [-0.39, 0.29) is 0 Å². The molecule has 0 spiro atoms. The lowest BCUT2D eigenvalue weighted by Crippen LogP contribution is -2.24. The van der Waals surface area contributed by atoms with Crippen molar-refractivity contribution in [1.29, 1.82) is 0 Å². The van der Waals surface area contributed by atoms with Crippen LogP contribution in [-0.2, 0) is 0 Å². The summed E-state index contributed by atoms with van der Waals surface area (Å²) in [6.45, 7) is 9.84. The van der Waals surface area contributed by atoms with Crippen molar-refractivity contribution in [3.8, 4) is 0 Å². The Kier molecular flexibility index (Phi) is 5.06. The van der Waals surface area contributed by atoms with E-state index >= 15 is 0 Å². The smallest absolute Gasteiger partial charge is 0.144 e. The zero-order valence-corrected chi connectivity index (χ0v) is 11.8. The summed E-state index contributed by atoms with van der Waals surface area (Å²) in [7, 11) is 0. The first-order chi connectivity index (χ1) is 7.91. The van der Waals surface area contributed by atoms with E-state index in [2.05, 4.69) is 38.0 Å². The molecule has 0 amide bonds. The molecule has 0 fully saturated rings. The number of nitrogens with one attached hydrogen (secondary N) is 1. The molecule has 3 N–H and O–H groups in total. The van der Waals surface area contributed by atoms with Gasteiger partial charge in [-0.2, -0.15) is 0 Å². The summed E-state index contributed by atoms with van der Waals surface area (Å²) in [6, 6.07) is 1.72. The fraction of sp³-hybridized carbons (Fsp3) is 0.615. The number of nitrogens with zero attached hydrogens (tertiary/aromatic N) is 1. The Morgan fingerprint density at radius 1 is 1.29 bits per heavy atom. The normalized spacial score (nSPS) is 11.5. The Morgan fingerprint density at radius 2 is 1.88 bits per heavy atom. The molecular formula is C13H22ClN3. The monoisotopic (exact) mass is 255 g/mol. The number of hydrogen-bond acceptors (Lipinski definition) is 3. The van der Waals surface area contributed by atoms with E-state index < -0.39 is 0 Å². The van der Waals surface area contributed by atoms with Crippen LogP contribution < -0.4 is 11.1 Å². The third-order valence-corrected chi connectivity index (χ3v) is 3.37. The summed E-state index contributed by atoms with van der Waals surface area (Å²) in [6.07, 6.45) is 1.62. The van der Waals surface area contributed by atoms with Gasteiger partial charge in [0.05, 0.1) is 16.9 Å². The van der Waals surface area contributed by atoms with E-state index in [1.54, 1.807) is 12.3 Å². The van der Waals surface area contributed by atoms with Crippen molar-refractivity contribution in [1.82, 2.24) is 4.98 Å². The lowest BCUT2D eigenvalue weighted by molar-refractivity contribution is 0.304. The van der Waals surface area contributed by atoms with Gasteiger partial charge in [0.25, 0.3) is 0 Å². The van der Waals surface area contributed by atoms with Gasteiger partial charge in [-0.1, -0.05) is 39.3 Å². The average Bonchev–Trinajstić information content (AvgIpc) is 2.20.